The standard InChI is InChI=1S/C12H17NO2/c1-3-8-5-9(4-2)7-10(6-8)11(13)12(14)15/h5-7,11H,3-4,13H2,1-2H3,(H,14,15)/t11-/m0/s1. The molecule has 0 amide bonds. The summed E-state index contributed by atoms with van der Waals surface area (Å²) >= 11 is 0. The lowest BCUT2D eigenvalue weighted by Gasteiger charge is -2.10. The fourth-order valence-electron chi connectivity index (χ4n) is 1.52. The van der Waals surface area contributed by atoms with Gasteiger partial charge < -0.3 is 10.8 Å². The molecular formula is C12H17NO2. The number of aliphatic carboxylic acids is 1. The lowest BCUT2D eigenvalue weighted by molar-refractivity contribution is -0.138. The van der Waals surface area contributed by atoms with Crippen molar-refractivity contribution < 1.29 is 9.90 Å². The molecule has 0 aliphatic heterocycles. The third-order valence-electron chi connectivity index (χ3n) is 2.52. The van der Waals surface area contributed by atoms with Crippen LogP contribution in [0.25, 0.3) is 0 Å². The van der Waals surface area contributed by atoms with Gasteiger partial charge in [0.15, 0.2) is 0 Å². The number of benzene rings is 1. The Kier molecular flexibility index (Phi) is 3.86. The second-order valence-electron chi connectivity index (χ2n) is 3.61. The molecule has 0 unspecified atom stereocenters. The molecule has 0 aliphatic carbocycles. The fourth-order valence-corrected chi connectivity index (χ4v) is 1.52. The molecule has 3 nitrogen and oxygen atoms in total. The highest BCUT2D eigenvalue weighted by molar-refractivity contribution is 5.75. The maximum absolute atomic E-state index is 10.8. The number of nitrogens with two attached hydrogens (primary N) is 1. The fraction of sp³-hybridized carbons (Fsp3) is 0.417. The van der Waals surface area contributed by atoms with Crippen molar-refractivity contribution in [3.63, 3.8) is 0 Å². The molecule has 0 spiro atoms. The molecule has 1 aromatic carbocycles. The molecule has 1 atom stereocenters. The van der Waals surface area contributed by atoms with E-state index in [9.17, 15) is 4.79 Å². The van der Waals surface area contributed by atoms with Gasteiger partial charge in [-0.25, -0.2) is 0 Å². The van der Waals surface area contributed by atoms with Crippen molar-refractivity contribution in [3.8, 4) is 0 Å². The largest absolute Gasteiger partial charge is 0.480 e. The molecule has 0 fully saturated rings. The van der Waals surface area contributed by atoms with Crippen molar-refractivity contribution in [1.82, 2.24) is 0 Å². The van der Waals surface area contributed by atoms with E-state index in [-0.39, 0.29) is 0 Å². The van der Waals surface area contributed by atoms with Gasteiger partial charge in [0.05, 0.1) is 0 Å². The lowest BCUT2D eigenvalue weighted by Crippen LogP contribution is -2.21. The number of carboxylic acids is 1. The summed E-state index contributed by atoms with van der Waals surface area (Å²) in [6.45, 7) is 4.09. The Morgan fingerprint density at radius 3 is 2.07 bits per heavy atom. The van der Waals surface area contributed by atoms with Crippen LogP contribution < -0.4 is 5.73 Å². The van der Waals surface area contributed by atoms with Crippen molar-refractivity contribution in [1.29, 1.82) is 0 Å². The molecule has 0 saturated carbocycles. The van der Waals surface area contributed by atoms with E-state index in [1.165, 1.54) is 0 Å². The van der Waals surface area contributed by atoms with Gasteiger partial charge in [0.25, 0.3) is 0 Å². The van der Waals surface area contributed by atoms with Gasteiger partial charge in [-0.3, -0.25) is 4.79 Å². The van der Waals surface area contributed by atoms with E-state index in [4.69, 9.17) is 10.8 Å². The van der Waals surface area contributed by atoms with Crippen molar-refractivity contribution >= 4 is 5.97 Å². The molecule has 0 heterocycles. The van der Waals surface area contributed by atoms with Crippen molar-refractivity contribution in [3.05, 3.63) is 34.9 Å². The van der Waals surface area contributed by atoms with Crippen LogP contribution >= 0.6 is 0 Å². The van der Waals surface area contributed by atoms with Crippen LogP contribution in [-0.2, 0) is 17.6 Å². The highest BCUT2D eigenvalue weighted by atomic mass is 16.4. The van der Waals surface area contributed by atoms with E-state index < -0.39 is 12.0 Å². The van der Waals surface area contributed by atoms with E-state index in [0.717, 1.165) is 24.0 Å². The van der Waals surface area contributed by atoms with Gasteiger partial charge in [0, 0.05) is 0 Å². The average molecular weight is 207 g/mol. The van der Waals surface area contributed by atoms with E-state index in [1.807, 2.05) is 26.0 Å². The Balaban J connectivity index is 3.11. The van der Waals surface area contributed by atoms with Crippen LogP contribution in [0.4, 0.5) is 0 Å². The number of hydrogen-bond donors (Lipinski definition) is 2. The van der Waals surface area contributed by atoms with Crippen LogP contribution in [0.15, 0.2) is 18.2 Å². The van der Waals surface area contributed by atoms with Crippen LogP contribution in [0, 0.1) is 0 Å². The molecule has 0 aromatic heterocycles. The maximum atomic E-state index is 10.8. The first kappa shape index (κ1) is 11.7. The second-order valence-corrected chi connectivity index (χ2v) is 3.61. The Morgan fingerprint density at radius 1 is 1.27 bits per heavy atom. The van der Waals surface area contributed by atoms with Crippen molar-refractivity contribution in [2.75, 3.05) is 0 Å². The van der Waals surface area contributed by atoms with Gasteiger partial charge >= 0.3 is 5.97 Å². The highest BCUT2D eigenvalue weighted by Gasteiger charge is 2.14. The van der Waals surface area contributed by atoms with E-state index >= 15 is 0 Å². The SMILES string of the molecule is CCc1cc(CC)cc([C@H](N)C(=O)O)c1. The molecule has 3 heteroatoms. The zero-order chi connectivity index (χ0) is 11.4. The number of aryl methyl sites for hydroxylation is 2. The average Bonchev–Trinajstić information content (AvgIpc) is 2.27. The van der Waals surface area contributed by atoms with Gasteiger partial charge in [0.2, 0.25) is 0 Å². The zero-order valence-electron chi connectivity index (χ0n) is 9.16. The summed E-state index contributed by atoms with van der Waals surface area (Å²) < 4.78 is 0. The zero-order valence-corrected chi connectivity index (χ0v) is 9.16. The predicted molar refractivity (Wildman–Crippen MR) is 59.8 cm³/mol. The van der Waals surface area contributed by atoms with Crippen molar-refractivity contribution in [2.45, 2.75) is 32.7 Å². The molecule has 0 aliphatic rings. The molecule has 0 radical (unpaired) electrons. The number of carboxylic acid groups (broad SMARTS) is 1. The van der Waals surface area contributed by atoms with Crippen LogP contribution in [-0.4, -0.2) is 11.1 Å². The molecule has 0 bridgehead atoms. The van der Waals surface area contributed by atoms with Crippen molar-refractivity contribution in [2.24, 2.45) is 5.73 Å². The quantitative estimate of drug-likeness (QED) is 0.792. The third-order valence-corrected chi connectivity index (χ3v) is 2.52. The lowest BCUT2D eigenvalue weighted by atomic mass is 9.98. The highest BCUT2D eigenvalue weighted by Crippen LogP contribution is 2.17. The van der Waals surface area contributed by atoms with Gasteiger partial charge in [0.1, 0.15) is 6.04 Å². The molecule has 15 heavy (non-hydrogen) atoms. The molecule has 82 valence electrons. The molecule has 0 saturated heterocycles. The summed E-state index contributed by atoms with van der Waals surface area (Å²) in [5.41, 5.74) is 8.56. The predicted octanol–water partition coefficient (Wildman–Crippen LogP) is 1.90. The summed E-state index contributed by atoms with van der Waals surface area (Å²) in [5.74, 6) is -0.981. The van der Waals surface area contributed by atoms with Crippen LogP contribution in [0.2, 0.25) is 0 Å². The van der Waals surface area contributed by atoms with E-state index in [1.54, 1.807) is 0 Å². The Hall–Kier alpha value is -1.35. The van der Waals surface area contributed by atoms with Crippen LogP contribution in [0.5, 0.6) is 0 Å². The normalized spacial score (nSPS) is 12.5. The van der Waals surface area contributed by atoms with Gasteiger partial charge in [-0.1, -0.05) is 32.0 Å². The smallest absolute Gasteiger partial charge is 0.325 e. The number of hydrogen-bond acceptors (Lipinski definition) is 2. The summed E-state index contributed by atoms with van der Waals surface area (Å²) in [4.78, 5) is 10.8. The minimum atomic E-state index is -0.981. The first-order valence-electron chi connectivity index (χ1n) is 5.19. The number of rotatable bonds is 4. The topological polar surface area (TPSA) is 63.3 Å². The Labute approximate surface area is 89.9 Å². The first-order chi connectivity index (χ1) is 7.08. The Morgan fingerprint density at radius 2 is 1.73 bits per heavy atom. The minimum absolute atomic E-state index is 0.693. The summed E-state index contributed by atoms with van der Waals surface area (Å²) in [6, 6.07) is 4.93. The molecule has 1 aromatic rings. The van der Waals surface area contributed by atoms with Gasteiger partial charge in [-0.2, -0.15) is 0 Å². The van der Waals surface area contributed by atoms with Gasteiger partial charge in [-0.05, 0) is 29.5 Å². The molecule has 1 rings (SSSR count). The van der Waals surface area contributed by atoms with E-state index in [0.29, 0.717) is 5.56 Å². The first-order valence-corrected chi connectivity index (χ1v) is 5.19. The van der Waals surface area contributed by atoms with Crippen LogP contribution in [0.1, 0.15) is 36.6 Å². The molecular weight excluding hydrogens is 190 g/mol. The summed E-state index contributed by atoms with van der Waals surface area (Å²) in [6.07, 6.45) is 1.79. The second kappa shape index (κ2) is 4.94. The minimum Gasteiger partial charge on any atom is -0.480 e. The monoisotopic (exact) mass is 207 g/mol. The van der Waals surface area contributed by atoms with Gasteiger partial charge in [-0.15, -0.1) is 0 Å². The third kappa shape index (κ3) is 2.80. The molecule has 3 N–H and O–H groups in total. The summed E-state index contributed by atoms with van der Waals surface area (Å²) in [7, 11) is 0. The maximum Gasteiger partial charge on any atom is 0.325 e. The van der Waals surface area contributed by atoms with Crippen LogP contribution in [0.3, 0.4) is 0 Å². The Bertz CT molecular complexity index is 338. The summed E-state index contributed by atoms with van der Waals surface area (Å²) in [5, 5.41) is 8.84. The number of carbonyl (C=O) groups is 1. The van der Waals surface area contributed by atoms with E-state index in [2.05, 4.69) is 6.07 Å².